The largest absolute Gasteiger partial charge is 0.309 e. The minimum atomic E-state index is 0.365. The van der Waals surface area contributed by atoms with Crippen LogP contribution in [0, 0.1) is 19.8 Å². The Balaban J connectivity index is 1.69. The van der Waals surface area contributed by atoms with Crippen LogP contribution in [-0.2, 0) is 0 Å². The van der Waals surface area contributed by atoms with Gasteiger partial charge in [-0.15, -0.1) is 0 Å². The molecule has 0 aromatic heterocycles. The van der Waals surface area contributed by atoms with Crippen molar-refractivity contribution in [2.45, 2.75) is 45.6 Å². The fourth-order valence-corrected chi connectivity index (χ4v) is 4.99. The first-order valence-corrected chi connectivity index (χ1v) is 11.4. The zero-order valence-corrected chi connectivity index (χ0v) is 18.9. The molecule has 2 aromatic carbocycles. The van der Waals surface area contributed by atoms with Crippen molar-refractivity contribution in [1.29, 1.82) is 0 Å². The lowest BCUT2D eigenvalue weighted by Gasteiger charge is -2.32. The van der Waals surface area contributed by atoms with E-state index >= 15 is 0 Å². The highest BCUT2D eigenvalue weighted by atomic mass is 15.5. The summed E-state index contributed by atoms with van der Waals surface area (Å²) in [4.78, 5) is 2.27. The summed E-state index contributed by atoms with van der Waals surface area (Å²) in [7, 11) is 4.30. The third kappa shape index (κ3) is 4.37. The van der Waals surface area contributed by atoms with Crippen LogP contribution in [0.3, 0.4) is 0 Å². The molecule has 1 aliphatic heterocycles. The van der Waals surface area contributed by atoms with Crippen LogP contribution in [0.4, 0.5) is 0 Å². The molecule has 0 radical (unpaired) electrons. The topological polar surface area (TPSA) is 18.8 Å². The van der Waals surface area contributed by atoms with Gasteiger partial charge in [-0.3, -0.25) is 5.01 Å². The maximum absolute atomic E-state index is 5.28. The van der Waals surface area contributed by atoms with E-state index in [2.05, 4.69) is 92.5 Å². The zero-order valence-electron chi connectivity index (χ0n) is 18.9. The molecule has 0 amide bonds. The molecule has 3 heteroatoms. The van der Waals surface area contributed by atoms with E-state index in [1.54, 1.807) is 0 Å². The second kappa shape index (κ2) is 9.18. The van der Waals surface area contributed by atoms with Crippen molar-refractivity contribution in [1.82, 2.24) is 9.91 Å². The van der Waals surface area contributed by atoms with Gasteiger partial charge in [0.15, 0.2) is 0 Å². The van der Waals surface area contributed by atoms with Crippen LogP contribution in [0.25, 0.3) is 6.08 Å². The first kappa shape index (κ1) is 20.9. The molecule has 1 fully saturated rings. The number of allylic oxidation sites excluding steroid dienone is 1. The van der Waals surface area contributed by atoms with Gasteiger partial charge in [0, 0.05) is 12.5 Å². The highest BCUT2D eigenvalue weighted by molar-refractivity contribution is 6.07. The van der Waals surface area contributed by atoms with Crippen molar-refractivity contribution < 1.29 is 0 Å². The number of hydrogen-bond donors (Lipinski definition) is 0. The van der Waals surface area contributed by atoms with Crippen LogP contribution < -0.4 is 0 Å². The summed E-state index contributed by atoms with van der Waals surface area (Å²) >= 11 is 0. The summed E-state index contributed by atoms with van der Waals surface area (Å²) in [6.07, 6.45) is 7.15. The zero-order chi connectivity index (χ0) is 21.1. The van der Waals surface area contributed by atoms with E-state index in [1.807, 2.05) is 0 Å². The molecular formula is C27H35N3. The van der Waals surface area contributed by atoms with Crippen LogP contribution in [0.15, 0.2) is 59.2 Å². The minimum absolute atomic E-state index is 0.365. The van der Waals surface area contributed by atoms with Gasteiger partial charge < -0.3 is 4.90 Å². The Hall–Kier alpha value is -2.39. The average molecular weight is 402 g/mol. The molecule has 1 heterocycles. The van der Waals surface area contributed by atoms with Crippen molar-refractivity contribution in [2.75, 3.05) is 27.2 Å². The number of rotatable bonds is 6. The van der Waals surface area contributed by atoms with Crippen LogP contribution in [0.2, 0.25) is 0 Å². The van der Waals surface area contributed by atoms with Gasteiger partial charge in [-0.25, -0.2) is 0 Å². The molecule has 2 unspecified atom stereocenters. The third-order valence-corrected chi connectivity index (χ3v) is 6.60. The molecule has 1 aliphatic carbocycles. The lowest BCUT2D eigenvalue weighted by Crippen LogP contribution is -2.30. The third-order valence-electron chi connectivity index (χ3n) is 6.60. The highest BCUT2D eigenvalue weighted by Crippen LogP contribution is 2.45. The van der Waals surface area contributed by atoms with Crippen molar-refractivity contribution in [3.05, 3.63) is 76.4 Å². The van der Waals surface area contributed by atoms with E-state index in [0.717, 1.165) is 25.9 Å². The summed E-state index contributed by atoms with van der Waals surface area (Å²) in [6.45, 7) is 6.55. The Kier molecular flexibility index (Phi) is 6.38. The maximum Gasteiger partial charge on any atom is 0.0806 e. The highest BCUT2D eigenvalue weighted by Gasteiger charge is 2.41. The van der Waals surface area contributed by atoms with Gasteiger partial charge in [0.2, 0.25) is 0 Å². The molecule has 2 atom stereocenters. The molecule has 2 aromatic rings. The number of nitrogens with zero attached hydrogens (tertiary/aromatic N) is 3. The number of hydrogen-bond acceptors (Lipinski definition) is 3. The summed E-state index contributed by atoms with van der Waals surface area (Å²) in [6, 6.07) is 18.0. The number of fused-ring (bicyclic) bond motifs is 1. The van der Waals surface area contributed by atoms with Crippen molar-refractivity contribution in [3.63, 3.8) is 0 Å². The number of aryl methyl sites for hydroxylation is 2. The van der Waals surface area contributed by atoms with Crippen molar-refractivity contribution in [2.24, 2.45) is 11.0 Å². The van der Waals surface area contributed by atoms with Crippen molar-refractivity contribution in [3.8, 4) is 0 Å². The summed E-state index contributed by atoms with van der Waals surface area (Å²) < 4.78 is 0. The molecule has 4 rings (SSSR count). The van der Waals surface area contributed by atoms with Crippen LogP contribution in [-0.4, -0.2) is 42.8 Å². The van der Waals surface area contributed by atoms with E-state index < -0.39 is 0 Å². The summed E-state index contributed by atoms with van der Waals surface area (Å²) in [5.74, 6) is 0.495. The summed E-state index contributed by atoms with van der Waals surface area (Å²) in [5, 5.41) is 7.68. The molecule has 30 heavy (non-hydrogen) atoms. The molecular weight excluding hydrogens is 366 g/mol. The van der Waals surface area contributed by atoms with Crippen LogP contribution in [0.1, 0.15) is 54.0 Å². The van der Waals surface area contributed by atoms with E-state index in [9.17, 15) is 0 Å². The SMILES string of the molecule is Cc1ccccc1/C=C1/CCCC2C1=NN(CCCN(C)C)C2c1ccccc1C. The summed E-state index contributed by atoms with van der Waals surface area (Å²) in [5.41, 5.74) is 8.27. The van der Waals surface area contributed by atoms with E-state index in [4.69, 9.17) is 5.10 Å². The monoisotopic (exact) mass is 401 g/mol. The van der Waals surface area contributed by atoms with E-state index in [0.29, 0.717) is 12.0 Å². The van der Waals surface area contributed by atoms with Gasteiger partial charge in [0.1, 0.15) is 0 Å². The van der Waals surface area contributed by atoms with Gasteiger partial charge in [-0.2, -0.15) is 5.10 Å². The molecule has 0 bridgehead atoms. The smallest absolute Gasteiger partial charge is 0.0806 e. The van der Waals surface area contributed by atoms with Crippen molar-refractivity contribution >= 4 is 11.8 Å². The van der Waals surface area contributed by atoms with Gasteiger partial charge >= 0.3 is 0 Å². The average Bonchev–Trinajstić information content (AvgIpc) is 3.09. The fourth-order valence-electron chi connectivity index (χ4n) is 4.99. The Bertz CT molecular complexity index is 941. The van der Waals surface area contributed by atoms with E-state index in [1.165, 1.54) is 46.4 Å². The Morgan fingerprint density at radius 2 is 1.77 bits per heavy atom. The van der Waals surface area contributed by atoms with Crippen LogP contribution in [0.5, 0.6) is 0 Å². The Labute approximate surface area is 182 Å². The van der Waals surface area contributed by atoms with Gasteiger partial charge in [0.25, 0.3) is 0 Å². The Morgan fingerprint density at radius 3 is 2.50 bits per heavy atom. The molecule has 158 valence electrons. The van der Waals surface area contributed by atoms with Gasteiger partial charge in [-0.05, 0) is 94.1 Å². The molecule has 0 N–H and O–H groups in total. The normalized spacial score (nSPS) is 22.5. The first-order valence-electron chi connectivity index (χ1n) is 11.4. The maximum atomic E-state index is 5.28. The van der Waals surface area contributed by atoms with Gasteiger partial charge in [0.05, 0.1) is 11.8 Å². The number of hydrazone groups is 1. The lowest BCUT2D eigenvalue weighted by atomic mass is 9.77. The molecule has 0 spiro atoms. The second-order valence-corrected chi connectivity index (χ2v) is 9.13. The molecule has 0 saturated heterocycles. The predicted octanol–water partition coefficient (Wildman–Crippen LogP) is 5.85. The standard InChI is InChI=1S/C27H35N3/c1-20-11-5-7-13-22(20)19-23-14-9-16-25-26(23)28-30(18-10-17-29(3)4)27(25)24-15-8-6-12-21(24)2/h5-8,11-13,15,19,25,27H,9-10,14,16-18H2,1-4H3/b23-19-. The Morgan fingerprint density at radius 1 is 1.03 bits per heavy atom. The fraction of sp³-hybridized carbons (Fsp3) is 0.444. The minimum Gasteiger partial charge on any atom is -0.309 e. The van der Waals surface area contributed by atoms with Gasteiger partial charge in [-0.1, -0.05) is 48.5 Å². The number of benzene rings is 2. The lowest BCUT2D eigenvalue weighted by molar-refractivity contribution is 0.187. The molecule has 1 saturated carbocycles. The second-order valence-electron chi connectivity index (χ2n) is 9.13. The predicted molar refractivity (Wildman–Crippen MR) is 128 cm³/mol. The first-order chi connectivity index (χ1) is 14.5. The molecule has 2 aliphatic rings. The quantitative estimate of drug-likeness (QED) is 0.604. The van der Waals surface area contributed by atoms with E-state index in [-0.39, 0.29) is 0 Å². The molecule has 3 nitrogen and oxygen atoms in total. The van der Waals surface area contributed by atoms with Crippen LogP contribution >= 0.6 is 0 Å².